The molecule has 0 aromatic carbocycles. The lowest BCUT2D eigenvalue weighted by molar-refractivity contribution is 0.369. The van der Waals surface area contributed by atoms with Gasteiger partial charge in [-0.2, -0.15) is 0 Å². The van der Waals surface area contributed by atoms with Crippen LogP contribution in [0, 0.1) is 5.92 Å². The molecule has 1 saturated carbocycles. The molecule has 0 bridgehead atoms. The normalized spacial score (nSPS) is 32.1. The van der Waals surface area contributed by atoms with Gasteiger partial charge in [0.05, 0.1) is 0 Å². The van der Waals surface area contributed by atoms with Crippen molar-refractivity contribution in [3.63, 3.8) is 0 Å². The van der Waals surface area contributed by atoms with Crippen LogP contribution >= 0.6 is 11.6 Å². The van der Waals surface area contributed by atoms with Crippen molar-refractivity contribution in [2.45, 2.75) is 30.6 Å². The van der Waals surface area contributed by atoms with Gasteiger partial charge in [0.15, 0.2) is 0 Å². The molecule has 1 aliphatic heterocycles. The van der Waals surface area contributed by atoms with E-state index in [-0.39, 0.29) is 4.87 Å². The van der Waals surface area contributed by atoms with E-state index in [0.717, 1.165) is 19.0 Å². The minimum Gasteiger partial charge on any atom is -0.317 e. The van der Waals surface area contributed by atoms with Gasteiger partial charge in [-0.1, -0.05) is 0 Å². The average molecular weight is 160 g/mol. The Balaban J connectivity index is 1.97. The zero-order valence-corrected chi connectivity index (χ0v) is 6.95. The van der Waals surface area contributed by atoms with Crippen molar-refractivity contribution >= 4 is 11.6 Å². The largest absolute Gasteiger partial charge is 0.317 e. The minimum atomic E-state index is 0.200. The van der Waals surface area contributed by atoms with Gasteiger partial charge in [-0.05, 0) is 44.7 Å². The number of halogens is 1. The van der Waals surface area contributed by atoms with Crippen LogP contribution in [0.2, 0.25) is 0 Å². The molecule has 0 atom stereocenters. The van der Waals surface area contributed by atoms with Crippen LogP contribution in [0.5, 0.6) is 0 Å². The highest BCUT2D eigenvalue weighted by Gasteiger charge is 2.43. The molecule has 2 rings (SSSR count). The van der Waals surface area contributed by atoms with Gasteiger partial charge < -0.3 is 5.32 Å². The Kier molecular flexibility index (Phi) is 1.65. The highest BCUT2D eigenvalue weighted by atomic mass is 35.5. The highest BCUT2D eigenvalue weighted by Crippen LogP contribution is 2.48. The van der Waals surface area contributed by atoms with Crippen molar-refractivity contribution in [2.75, 3.05) is 13.1 Å². The summed E-state index contributed by atoms with van der Waals surface area (Å²) in [6.45, 7) is 2.25. The fourth-order valence-corrected chi connectivity index (χ4v) is 2.26. The second-order valence-electron chi connectivity index (χ2n) is 3.56. The molecule has 2 aliphatic rings. The summed E-state index contributed by atoms with van der Waals surface area (Å²) in [5.74, 6) is 0.858. The monoisotopic (exact) mass is 159 g/mol. The fraction of sp³-hybridized carbons (Fsp3) is 1.00. The highest BCUT2D eigenvalue weighted by molar-refractivity contribution is 6.24. The second-order valence-corrected chi connectivity index (χ2v) is 4.31. The molecule has 1 N–H and O–H groups in total. The quantitative estimate of drug-likeness (QED) is 0.575. The Labute approximate surface area is 67.1 Å². The van der Waals surface area contributed by atoms with E-state index >= 15 is 0 Å². The van der Waals surface area contributed by atoms with Crippen molar-refractivity contribution in [2.24, 2.45) is 5.92 Å². The lowest BCUT2D eigenvalue weighted by Crippen LogP contribution is -2.39. The number of alkyl halides is 1. The van der Waals surface area contributed by atoms with E-state index in [4.69, 9.17) is 11.6 Å². The van der Waals surface area contributed by atoms with Crippen molar-refractivity contribution < 1.29 is 0 Å². The lowest BCUT2D eigenvalue weighted by Gasteiger charge is -2.31. The summed E-state index contributed by atoms with van der Waals surface area (Å²) in [4.78, 5) is 0.200. The molecule has 0 unspecified atom stereocenters. The second kappa shape index (κ2) is 2.38. The van der Waals surface area contributed by atoms with Crippen LogP contribution < -0.4 is 5.32 Å². The zero-order valence-electron chi connectivity index (χ0n) is 6.20. The topological polar surface area (TPSA) is 12.0 Å². The van der Waals surface area contributed by atoms with Crippen LogP contribution in [0.3, 0.4) is 0 Å². The van der Waals surface area contributed by atoms with E-state index in [1.807, 2.05) is 0 Å². The lowest BCUT2D eigenvalue weighted by atomic mass is 9.92. The number of rotatable bonds is 1. The molecule has 0 radical (unpaired) electrons. The van der Waals surface area contributed by atoms with E-state index in [9.17, 15) is 0 Å². The Morgan fingerprint density at radius 1 is 1.20 bits per heavy atom. The van der Waals surface area contributed by atoms with Crippen LogP contribution in [0.1, 0.15) is 25.7 Å². The summed E-state index contributed by atoms with van der Waals surface area (Å²) in [7, 11) is 0. The van der Waals surface area contributed by atoms with Crippen LogP contribution in [-0.4, -0.2) is 18.0 Å². The van der Waals surface area contributed by atoms with E-state index in [2.05, 4.69) is 5.32 Å². The number of nitrogens with one attached hydrogen (secondary N) is 1. The summed E-state index contributed by atoms with van der Waals surface area (Å²) < 4.78 is 0. The van der Waals surface area contributed by atoms with Gasteiger partial charge in [0.25, 0.3) is 0 Å². The number of hydrogen-bond acceptors (Lipinski definition) is 1. The summed E-state index contributed by atoms with van der Waals surface area (Å²) >= 11 is 6.43. The van der Waals surface area contributed by atoms with E-state index in [0.29, 0.717) is 0 Å². The Morgan fingerprint density at radius 2 is 1.80 bits per heavy atom. The molecular formula is C8H14ClN. The maximum absolute atomic E-state index is 6.43. The molecule has 2 heteroatoms. The first-order valence-electron chi connectivity index (χ1n) is 4.21. The van der Waals surface area contributed by atoms with Gasteiger partial charge in [0.2, 0.25) is 0 Å². The first-order chi connectivity index (χ1) is 4.81. The molecule has 0 aromatic rings. The maximum atomic E-state index is 6.43. The van der Waals surface area contributed by atoms with Crippen molar-refractivity contribution in [1.29, 1.82) is 0 Å². The molecule has 58 valence electrons. The van der Waals surface area contributed by atoms with Crippen LogP contribution in [0.25, 0.3) is 0 Å². The third-order valence-corrected chi connectivity index (χ3v) is 3.43. The molecule has 0 amide bonds. The van der Waals surface area contributed by atoms with Crippen LogP contribution in [0.15, 0.2) is 0 Å². The molecule has 0 aromatic heterocycles. The van der Waals surface area contributed by atoms with Crippen molar-refractivity contribution in [1.82, 2.24) is 5.32 Å². The fourth-order valence-electron chi connectivity index (χ4n) is 1.85. The zero-order chi connectivity index (χ0) is 7.03. The van der Waals surface area contributed by atoms with Gasteiger partial charge in [-0.15, -0.1) is 11.6 Å². The smallest absolute Gasteiger partial charge is 0.0499 e. The average Bonchev–Trinajstić information content (AvgIpc) is 2.69. The number of hydrogen-bond donors (Lipinski definition) is 1. The van der Waals surface area contributed by atoms with Gasteiger partial charge in [-0.3, -0.25) is 0 Å². The van der Waals surface area contributed by atoms with Gasteiger partial charge in [0.1, 0.15) is 0 Å². The molecule has 1 aliphatic carbocycles. The Bertz CT molecular complexity index is 125. The Morgan fingerprint density at radius 3 is 2.30 bits per heavy atom. The molecule has 2 fully saturated rings. The SMILES string of the molecule is ClC1(C2CC2)CCNCC1. The molecule has 1 saturated heterocycles. The first kappa shape index (κ1) is 6.93. The summed E-state index contributed by atoms with van der Waals surface area (Å²) in [6.07, 6.45) is 5.12. The van der Waals surface area contributed by atoms with Gasteiger partial charge in [-0.25, -0.2) is 0 Å². The third-order valence-electron chi connectivity index (χ3n) is 2.74. The van der Waals surface area contributed by atoms with Gasteiger partial charge in [0, 0.05) is 4.87 Å². The Hall–Kier alpha value is 0.250. The van der Waals surface area contributed by atoms with E-state index < -0.39 is 0 Å². The summed E-state index contributed by atoms with van der Waals surface area (Å²) in [6, 6.07) is 0. The predicted molar refractivity (Wildman–Crippen MR) is 43.4 cm³/mol. The van der Waals surface area contributed by atoms with E-state index in [1.165, 1.54) is 25.7 Å². The maximum Gasteiger partial charge on any atom is 0.0499 e. The van der Waals surface area contributed by atoms with Gasteiger partial charge >= 0.3 is 0 Å². The number of piperidine rings is 1. The van der Waals surface area contributed by atoms with Crippen molar-refractivity contribution in [3.05, 3.63) is 0 Å². The summed E-state index contributed by atoms with van der Waals surface area (Å²) in [5, 5.41) is 3.34. The first-order valence-corrected chi connectivity index (χ1v) is 4.59. The molecule has 10 heavy (non-hydrogen) atoms. The standard InChI is InChI=1S/C8H14ClN/c9-8(7-1-2-7)3-5-10-6-4-8/h7,10H,1-6H2. The van der Waals surface area contributed by atoms with E-state index in [1.54, 1.807) is 0 Å². The molecule has 1 nitrogen and oxygen atoms in total. The van der Waals surface area contributed by atoms with Crippen molar-refractivity contribution in [3.8, 4) is 0 Å². The third kappa shape index (κ3) is 1.17. The predicted octanol–water partition coefficient (Wildman–Crippen LogP) is 1.76. The molecule has 1 heterocycles. The molecule has 0 spiro atoms. The molecular weight excluding hydrogens is 146 g/mol. The summed E-state index contributed by atoms with van der Waals surface area (Å²) in [5.41, 5.74) is 0. The minimum absolute atomic E-state index is 0.200. The van der Waals surface area contributed by atoms with Crippen LogP contribution in [-0.2, 0) is 0 Å². The van der Waals surface area contributed by atoms with Crippen LogP contribution in [0.4, 0.5) is 0 Å².